The van der Waals surface area contributed by atoms with Gasteiger partial charge in [-0.25, -0.2) is 0 Å². The van der Waals surface area contributed by atoms with E-state index >= 15 is 0 Å². The average molecular weight is 359 g/mol. The molecule has 21 heavy (non-hydrogen) atoms. The monoisotopic (exact) mass is 358 g/mol. The quantitative estimate of drug-likeness (QED) is 0.878. The fourth-order valence-electron chi connectivity index (χ4n) is 1.34. The summed E-state index contributed by atoms with van der Waals surface area (Å²) in [5.41, 5.74) is 3.83. The van der Waals surface area contributed by atoms with E-state index in [1.54, 1.807) is 0 Å². The standard InChI is InChI=1S/C9H6ClF3N4O2S2/c10-5-1-4(9(11,12)13)2-6(3-5)17-21(18,19)8-16-15-7(14)20-8/h1-3,17H,(H2,14,15). The molecule has 3 N–H and O–H groups in total. The van der Waals surface area contributed by atoms with Crippen molar-refractivity contribution in [3.8, 4) is 0 Å². The van der Waals surface area contributed by atoms with E-state index in [-0.39, 0.29) is 15.8 Å². The molecule has 0 saturated heterocycles. The van der Waals surface area contributed by atoms with Crippen LogP contribution in [0.2, 0.25) is 5.02 Å². The van der Waals surface area contributed by atoms with Gasteiger partial charge in [0.25, 0.3) is 14.4 Å². The number of halogens is 4. The Labute approximate surface area is 125 Å². The molecule has 0 aliphatic rings. The number of benzene rings is 1. The summed E-state index contributed by atoms with van der Waals surface area (Å²) in [4.78, 5) is 0. The van der Waals surface area contributed by atoms with Gasteiger partial charge < -0.3 is 5.73 Å². The first-order valence-corrected chi connectivity index (χ1v) is 7.75. The second kappa shape index (κ2) is 5.31. The molecule has 1 heterocycles. The number of alkyl halides is 3. The lowest BCUT2D eigenvalue weighted by molar-refractivity contribution is -0.137. The van der Waals surface area contributed by atoms with Crippen LogP contribution in [0, 0.1) is 0 Å². The van der Waals surface area contributed by atoms with Crippen molar-refractivity contribution in [1.82, 2.24) is 10.2 Å². The Morgan fingerprint density at radius 1 is 1.24 bits per heavy atom. The Morgan fingerprint density at radius 3 is 2.43 bits per heavy atom. The van der Waals surface area contributed by atoms with E-state index in [4.69, 9.17) is 17.3 Å². The van der Waals surface area contributed by atoms with E-state index < -0.39 is 26.1 Å². The van der Waals surface area contributed by atoms with Crippen LogP contribution >= 0.6 is 22.9 Å². The number of hydrogen-bond donors (Lipinski definition) is 2. The zero-order valence-electron chi connectivity index (χ0n) is 9.85. The maximum absolute atomic E-state index is 12.6. The van der Waals surface area contributed by atoms with Gasteiger partial charge in [0.1, 0.15) is 0 Å². The van der Waals surface area contributed by atoms with Crippen molar-refractivity contribution in [2.45, 2.75) is 10.5 Å². The second-order valence-corrected chi connectivity index (χ2v) is 7.04. The third-order valence-electron chi connectivity index (χ3n) is 2.13. The number of anilines is 2. The normalized spacial score (nSPS) is 12.4. The van der Waals surface area contributed by atoms with Crippen molar-refractivity contribution < 1.29 is 21.6 Å². The van der Waals surface area contributed by atoms with Crippen LogP contribution in [-0.4, -0.2) is 18.6 Å². The third kappa shape index (κ3) is 3.74. The first-order valence-electron chi connectivity index (χ1n) is 5.07. The zero-order valence-corrected chi connectivity index (χ0v) is 12.2. The van der Waals surface area contributed by atoms with E-state index in [0.29, 0.717) is 23.5 Å². The predicted octanol–water partition coefficient (Wildman–Crippen LogP) is 2.59. The summed E-state index contributed by atoms with van der Waals surface area (Å²) in [6, 6.07) is 2.34. The highest BCUT2D eigenvalue weighted by atomic mass is 35.5. The highest BCUT2D eigenvalue weighted by Crippen LogP contribution is 2.34. The third-order valence-corrected chi connectivity index (χ3v) is 4.85. The average Bonchev–Trinajstić information content (AvgIpc) is 2.74. The van der Waals surface area contributed by atoms with Gasteiger partial charge in [-0.3, -0.25) is 4.72 Å². The van der Waals surface area contributed by atoms with Gasteiger partial charge in [0.05, 0.1) is 11.3 Å². The molecule has 12 heteroatoms. The van der Waals surface area contributed by atoms with Gasteiger partial charge in [0.2, 0.25) is 5.13 Å². The van der Waals surface area contributed by atoms with Crippen LogP contribution in [0.3, 0.4) is 0 Å². The molecule has 0 saturated carbocycles. The number of hydrogen-bond acceptors (Lipinski definition) is 6. The Kier molecular flexibility index (Phi) is 4.00. The smallest absolute Gasteiger partial charge is 0.374 e. The number of nitrogen functional groups attached to an aromatic ring is 1. The second-order valence-electron chi connectivity index (χ2n) is 3.74. The van der Waals surface area contributed by atoms with Crippen molar-refractivity contribution in [2.75, 3.05) is 10.5 Å². The number of sulfonamides is 1. The fraction of sp³-hybridized carbons (Fsp3) is 0.111. The number of nitrogens with zero attached hydrogens (tertiary/aromatic N) is 2. The summed E-state index contributed by atoms with van der Waals surface area (Å²) >= 11 is 6.13. The molecule has 2 aromatic rings. The summed E-state index contributed by atoms with van der Waals surface area (Å²) in [6.07, 6.45) is -4.65. The maximum Gasteiger partial charge on any atom is 0.416 e. The molecule has 0 radical (unpaired) electrons. The Balaban J connectivity index is 2.38. The molecule has 0 atom stereocenters. The van der Waals surface area contributed by atoms with Crippen molar-refractivity contribution in [3.05, 3.63) is 28.8 Å². The molecular weight excluding hydrogens is 353 g/mol. The van der Waals surface area contributed by atoms with Crippen LogP contribution in [0.5, 0.6) is 0 Å². The van der Waals surface area contributed by atoms with Crippen molar-refractivity contribution in [2.24, 2.45) is 0 Å². The minimum atomic E-state index is -4.65. The van der Waals surface area contributed by atoms with Gasteiger partial charge in [-0.1, -0.05) is 22.9 Å². The molecular formula is C9H6ClF3N4O2S2. The molecule has 0 unspecified atom stereocenters. The molecule has 0 fully saturated rings. The number of aromatic nitrogens is 2. The molecule has 1 aromatic heterocycles. The van der Waals surface area contributed by atoms with E-state index in [9.17, 15) is 21.6 Å². The fourth-order valence-corrected chi connectivity index (χ4v) is 3.40. The van der Waals surface area contributed by atoms with Crippen LogP contribution in [0.4, 0.5) is 24.0 Å². The SMILES string of the molecule is Nc1nnc(S(=O)(=O)Nc2cc(Cl)cc(C(F)(F)F)c2)s1. The van der Waals surface area contributed by atoms with Crippen molar-refractivity contribution in [1.29, 1.82) is 0 Å². The zero-order chi connectivity index (χ0) is 15.8. The summed E-state index contributed by atoms with van der Waals surface area (Å²) < 4.78 is 63.2. The molecule has 0 amide bonds. The molecule has 0 spiro atoms. The number of rotatable bonds is 3. The maximum atomic E-state index is 12.6. The van der Waals surface area contributed by atoms with Gasteiger partial charge in [0, 0.05) is 5.02 Å². The van der Waals surface area contributed by atoms with E-state index in [0.717, 1.165) is 6.07 Å². The largest absolute Gasteiger partial charge is 0.416 e. The lowest BCUT2D eigenvalue weighted by Gasteiger charge is -2.11. The van der Waals surface area contributed by atoms with Crippen LogP contribution in [0.1, 0.15) is 5.56 Å². The summed E-state index contributed by atoms with van der Waals surface area (Å²) in [5.74, 6) is 0. The molecule has 6 nitrogen and oxygen atoms in total. The van der Waals surface area contributed by atoms with Crippen LogP contribution in [0.15, 0.2) is 22.5 Å². The summed E-state index contributed by atoms with van der Waals surface area (Å²) in [5, 5.41) is 6.28. The van der Waals surface area contributed by atoms with Gasteiger partial charge >= 0.3 is 6.18 Å². The van der Waals surface area contributed by atoms with Gasteiger partial charge in [-0.2, -0.15) is 21.6 Å². The lowest BCUT2D eigenvalue weighted by Crippen LogP contribution is -2.14. The number of nitrogens with two attached hydrogens (primary N) is 1. The molecule has 0 aliphatic carbocycles. The van der Waals surface area contributed by atoms with Crippen LogP contribution in [0.25, 0.3) is 0 Å². The van der Waals surface area contributed by atoms with E-state index in [1.165, 1.54) is 0 Å². The Morgan fingerprint density at radius 2 is 1.90 bits per heavy atom. The minimum Gasteiger partial charge on any atom is -0.374 e. The van der Waals surface area contributed by atoms with E-state index in [1.807, 2.05) is 4.72 Å². The molecule has 0 bridgehead atoms. The minimum absolute atomic E-state index is 0.0857. The first-order chi connectivity index (χ1) is 9.58. The highest BCUT2D eigenvalue weighted by Gasteiger charge is 2.31. The molecule has 1 aromatic carbocycles. The van der Waals surface area contributed by atoms with Crippen molar-refractivity contribution >= 4 is 43.8 Å². The Hall–Kier alpha value is -1.59. The molecule has 2 rings (SSSR count). The first kappa shape index (κ1) is 15.8. The predicted molar refractivity (Wildman–Crippen MR) is 71.6 cm³/mol. The van der Waals surface area contributed by atoms with Crippen LogP contribution in [-0.2, 0) is 16.2 Å². The topological polar surface area (TPSA) is 98.0 Å². The highest BCUT2D eigenvalue weighted by molar-refractivity contribution is 7.94. The van der Waals surface area contributed by atoms with Gasteiger partial charge in [-0.15, -0.1) is 10.2 Å². The lowest BCUT2D eigenvalue weighted by atomic mass is 10.2. The van der Waals surface area contributed by atoms with Gasteiger partial charge in [-0.05, 0) is 18.2 Å². The Bertz CT molecular complexity index is 776. The molecule has 0 aliphatic heterocycles. The van der Waals surface area contributed by atoms with E-state index in [2.05, 4.69) is 10.2 Å². The summed E-state index contributed by atoms with van der Waals surface area (Å²) in [6.45, 7) is 0. The van der Waals surface area contributed by atoms with Crippen LogP contribution < -0.4 is 10.5 Å². The van der Waals surface area contributed by atoms with Gasteiger partial charge in [0.15, 0.2) is 0 Å². The molecule has 114 valence electrons. The van der Waals surface area contributed by atoms with Crippen molar-refractivity contribution in [3.63, 3.8) is 0 Å². The summed E-state index contributed by atoms with van der Waals surface area (Å²) in [7, 11) is -4.18. The number of nitrogens with one attached hydrogen (secondary N) is 1.